The van der Waals surface area contributed by atoms with E-state index in [1.54, 1.807) is 0 Å². The van der Waals surface area contributed by atoms with Crippen molar-refractivity contribution in [2.45, 2.75) is 63.0 Å². The van der Waals surface area contributed by atoms with E-state index in [4.69, 9.17) is 0 Å². The summed E-state index contributed by atoms with van der Waals surface area (Å²) in [5.41, 5.74) is 1.03. The van der Waals surface area contributed by atoms with Crippen molar-refractivity contribution in [1.29, 1.82) is 0 Å². The number of hydrogen-bond donors (Lipinski definition) is 1. The molecule has 1 amide bonds. The lowest BCUT2D eigenvalue weighted by Gasteiger charge is -2.43. The van der Waals surface area contributed by atoms with Gasteiger partial charge in [0.05, 0.1) is 5.60 Å². The molecular formula is C21H30N2O2. The first kappa shape index (κ1) is 17.0. The Hall–Kier alpha value is -1.39. The van der Waals surface area contributed by atoms with Crippen LogP contribution < -0.4 is 0 Å². The highest BCUT2D eigenvalue weighted by molar-refractivity contribution is 5.94. The maximum Gasteiger partial charge on any atom is 0.253 e. The van der Waals surface area contributed by atoms with E-state index >= 15 is 0 Å². The van der Waals surface area contributed by atoms with Gasteiger partial charge in [-0.25, -0.2) is 0 Å². The van der Waals surface area contributed by atoms with Crippen LogP contribution >= 0.6 is 0 Å². The molecule has 4 rings (SSSR count). The van der Waals surface area contributed by atoms with Crippen LogP contribution in [-0.2, 0) is 5.60 Å². The molecule has 0 bridgehead atoms. The van der Waals surface area contributed by atoms with Gasteiger partial charge in [-0.05, 0) is 43.4 Å². The highest BCUT2D eigenvalue weighted by atomic mass is 16.3. The van der Waals surface area contributed by atoms with Crippen LogP contribution in [0.4, 0.5) is 0 Å². The highest BCUT2D eigenvalue weighted by Gasteiger charge is 2.32. The van der Waals surface area contributed by atoms with E-state index in [9.17, 15) is 9.90 Å². The number of nitrogens with zero attached hydrogens (tertiary/aromatic N) is 2. The summed E-state index contributed by atoms with van der Waals surface area (Å²) in [6, 6.07) is 8.50. The molecule has 136 valence electrons. The molecular weight excluding hydrogens is 312 g/mol. The predicted octanol–water partition coefficient (Wildman–Crippen LogP) is 3.15. The SMILES string of the molecule is O=C(c1ccc(C2(O)CCCCC2)cc1)N1CCN(C2CCC2)CC1. The van der Waals surface area contributed by atoms with Gasteiger partial charge in [0.1, 0.15) is 0 Å². The molecule has 3 aliphatic rings. The van der Waals surface area contributed by atoms with Gasteiger partial charge in [0.2, 0.25) is 0 Å². The molecule has 1 aliphatic heterocycles. The van der Waals surface area contributed by atoms with E-state index in [0.717, 1.165) is 69.0 Å². The molecule has 0 radical (unpaired) electrons. The van der Waals surface area contributed by atoms with E-state index in [0.29, 0.717) is 0 Å². The van der Waals surface area contributed by atoms with Crippen LogP contribution in [0.3, 0.4) is 0 Å². The lowest BCUT2D eigenvalue weighted by Crippen LogP contribution is -2.53. The molecule has 2 aliphatic carbocycles. The number of piperazine rings is 1. The first-order valence-electron chi connectivity index (χ1n) is 10.0. The van der Waals surface area contributed by atoms with Crippen molar-refractivity contribution in [3.8, 4) is 0 Å². The summed E-state index contributed by atoms with van der Waals surface area (Å²) in [7, 11) is 0. The Morgan fingerprint density at radius 1 is 0.920 bits per heavy atom. The van der Waals surface area contributed by atoms with Gasteiger partial charge < -0.3 is 10.0 Å². The fourth-order valence-corrected chi connectivity index (χ4v) is 4.57. The van der Waals surface area contributed by atoms with Gasteiger partial charge in [-0.15, -0.1) is 0 Å². The Kier molecular flexibility index (Phi) is 4.83. The highest BCUT2D eigenvalue weighted by Crippen LogP contribution is 2.37. The van der Waals surface area contributed by atoms with Crippen LogP contribution in [0, 0.1) is 0 Å². The molecule has 4 nitrogen and oxygen atoms in total. The van der Waals surface area contributed by atoms with Crippen LogP contribution in [0.25, 0.3) is 0 Å². The van der Waals surface area contributed by atoms with Crippen LogP contribution in [0.1, 0.15) is 67.3 Å². The van der Waals surface area contributed by atoms with Crippen molar-refractivity contribution < 1.29 is 9.90 Å². The average Bonchev–Trinajstić information content (AvgIpc) is 2.61. The first-order valence-corrected chi connectivity index (χ1v) is 10.0. The van der Waals surface area contributed by atoms with Crippen LogP contribution in [0.5, 0.6) is 0 Å². The minimum atomic E-state index is -0.686. The number of rotatable bonds is 3. The van der Waals surface area contributed by atoms with E-state index in [1.807, 2.05) is 29.2 Å². The standard InChI is InChI=1S/C21H30N2O2/c24-20(23-15-13-22(14-16-23)19-5-4-6-19)17-7-9-18(10-8-17)21(25)11-2-1-3-12-21/h7-10,19,25H,1-6,11-16H2. The predicted molar refractivity (Wildman–Crippen MR) is 98.5 cm³/mol. The molecule has 1 saturated heterocycles. The second-order valence-electron chi connectivity index (χ2n) is 8.08. The average molecular weight is 342 g/mol. The topological polar surface area (TPSA) is 43.8 Å². The van der Waals surface area contributed by atoms with Crippen molar-refractivity contribution in [3.05, 3.63) is 35.4 Å². The quantitative estimate of drug-likeness (QED) is 0.918. The minimum absolute atomic E-state index is 0.135. The summed E-state index contributed by atoms with van der Waals surface area (Å²) in [5.74, 6) is 0.135. The number of benzene rings is 1. The Balaban J connectivity index is 1.37. The molecule has 0 spiro atoms. The third-order valence-electron chi connectivity index (χ3n) is 6.54. The molecule has 1 heterocycles. The van der Waals surface area contributed by atoms with Gasteiger partial charge in [-0.1, -0.05) is 37.8 Å². The molecule has 0 atom stereocenters. The van der Waals surface area contributed by atoms with Crippen molar-refractivity contribution >= 4 is 5.91 Å². The molecule has 1 aromatic carbocycles. The van der Waals surface area contributed by atoms with E-state index in [-0.39, 0.29) is 5.91 Å². The summed E-state index contributed by atoms with van der Waals surface area (Å²) < 4.78 is 0. The Morgan fingerprint density at radius 3 is 2.12 bits per heavy atom. The van der Waals surface area contributed by atoms with Crippen LogP contribution in [-0.4, -0.2) is 53.0 Å². The summed E-state index contributed by atoms with van der Waals surface area (Å²) in [6.07, 6.45) is 9.09. The van der Waals surface area contributed by atoms with Gasteiger partial charge in [0.15, 0.2) is 0 Å². The third kappa shape index (κ3) is 3.47. The summed E-state index contributed by atoms with van der Waals surface area (Å²) in [4.78, 5) is 17.3. The zero-order valence-corrected chi connectivity index (χ0v) is 15.1. The van der Waals surface area contributed by atoms with Crippen LogP contribution in [0.15, 0.2) is 24.3 Å². The minimum Gasteiger partial charge on any atom is -0.385 e. The zero-order chi connectivity index (χ0) is 17.3. The molecule has 4 heteroatoms. The third-order valence-corrected chi connectivity index (χ3v) is 6.54. The second kappa shape index (κ2) is 7.08. The van der Waals surface area contributed by atoms with Gasteiger partial charge >= 0.3 is 0 Å². The zero-order valence-electron chi connectivity index (χ0n) is 15.1. The maximum atomic E-state index is 12.8. The van der Waals surface area contributed by atoms with E-state index in [2.05, 4.69) is 4.90 Å². The van der Waals surface area contributed by atoms with Crippen molar-refractivity contribution in [2.75, 3.05) is 26.2 Å². The molecule has 2 saturated carbocycles. The van der Waals surface area contributed by atoms with Crippen LogP contribution in [0.2, 0.25) is 0 Å². The molecule has 1 N–H and O–H groups in total. The number of carbonyl (C=O) groups excluding carboxylic acids is 1. The number of aliphatic hydroxyl groups is 1. The van der Waals surface area contributed by atoms with Gasteiger partial charge in [0, 0.05) is 37.8 Å². The van der Waals surface area contributed by atoms with Gasteiger partial charge in [-0.3, -0.25) is 9.69 Å². The van der Waals surface area contributed by atoms with E-state index < -0.39 is 5.60 Å². The molecule has 0 unspecified atom stereocenters. The van der Waals surface area contributed by atoms with Crippen molar-refractivity contribution in [2.24, 2.45) is 0 Å². The Morgan fingerprint density at radius 2 is 1.56 bits per heavy atom. The lowest BCUT2D eigenvalue weighted by atomic mass is 9.79. The lowest BCUT2D eigenvalue weighted by molar-refractivity contribution is -0.000669. The molecule has 1 aromatic rings. The summed E-state index contributed by atoms with van der Waals surface area (Å²) in [5, 5.41) is 10.8. The number of hydrogen-bond acceptors (Lipinski definition) is 3. The van der Waals surface area contributed by atoms with Crippen molar-refractivity contribution in [1.82, 2.24) is 9.80 Å². The number of amides is 1. The Bertz CT molecular complexity index is 595. The summed E-state index contributed by atoms with van der Waals surface area (Å²) in [6.45, 7) is 3.69. The smallest absolute Gasteiger partial charge is 0.253 e. The maximum absolute atomic E-state index is 12.8. The molecule has 0 aromatic heterocycles. The first-order chi connectivity index (χ1) is 12.2. The van der Waals surface area contributed by atoms with Crippen molar-refractivity contribution in [3.63, 3.8) is 0 Å². The fraction of sp³-hybridized carbons (Fsp3) is 0.667. The largest absolute Gasteiger partial charge is 0.385 e. The van der Waals surface area contributed by atoms with E-state index in [1.165, 1.54) is 25.7 Å². The van der Waals surface area contributed by atoms with Gasteiger partial charge in [-0.2, -0.15) is 0 Å². The fourth-order valence-electron chi connectivity index (χ4n) is 4.57. The second-order valence-corrected chi connectivity index (χ2v) is 8.08. The molecule has 25 heavy (non-hydrogen) atoms. The summed E-state index contributed by atoms with van der Waals surface area (Å²) >= 11 is 0. The van der Waals surface area contributed by atoms with Gasteiger partial charge in [0.25, 0.3) is 5.91 Å². The monoisotopic (exact) mass is 342 g/mol. The Labute approximate surface area is 150 Å². The molecule has 3 fully saturated rings. The number of carbonyl (C=O) groups is 1. The normalized spacial score (nSPS) is 24.8.